The molecule has 1 aromatic rings. The summed E-state index contributed by atoms with van der Waals surface area (Å²) in [7, 11) is 3.62. The molecule has 0 saturated carbocycles. The highest BCUT2D eigenvalue weighted by atomic mass is 16.7. The molecule has 6 heteroatoms. The first kappa shape index (κ1) is 19.0. The number of rotatable bonds is 7. The van der Waals surface area contributed by atoms with Gasteiger partial charge in [0, 0.05) is 46.3 Å². The van der Waals surface area contributed by atoms with Gasteiger partial charge < -0.3 is 23.8 Å². The molecule has 6 nitrogen and oxygen atoms in total. The summed E-state index contributed by atoms with van der Waals surface area (Å²) < 4.78 is 21.8. The number of ether oxygens (including phenoxy) is 4. The van der Waals surface area contributed by atoms with E-state index in [4.69, 9.17) is 18.9 Å². The Labute approximate surface area is 162 Å². The van der Waals surface area contributed by atoms with Crippen molar-refractivity contribution in [3.05, 3.63) is 23.8 Å². The smallest absolute Gasteiger partial charge is 0.231 e. The maximum atomic E-state index is 5.57. The Morgan fingerprint density at radius 1 is 1.07 bits per heavy atom. The zero-order chi connectivity index (χ0) is 18.7. The van der Waals surface area contributed by atoms with Crippen molar-refractivity contribution in [3.8, 4) is 11.5 Å². The Morgan fingerprint density at radius 3 is 2.67 bits per heavy atom. The van der Waals surface area contributed by atoms with Crippen molar-refractivity contribution in [2.75, 3.05) is 67.0 Å². The maximum absolute atomic E-state index is 5.57. The predicted molar refractivity (Wildman–Crippen MR) is 103 cm³/mol. The van der Waals surface area contributed by atoms with Crippen molar-refractivity contribution in [3.63, 3.8) is 0 Å². The number of fused-ring (bicyclic) bond motifs is 1. The largest absolute Gasteiger partial charge is 0.454 e. The molecule has 3 aliphatic rings. The second-order valence-corrected chi connectivity index (χ2v) is 8.21. The fourth-order valence-electron chi connectivity index (χ4n) is 4.99. The lowest BCUT2D eigenvalue weighted by Gasteiger charge is -2.42. The van der Waals surface area contributed by atoms with Crippen LogP contribution in [0.1, 0.15) is 18.4 Å². The summed E-state index contributed by atoms with van der Waals surface area (Å²) >= 11 is 0. The molecule has 1 spiro atoms. The highest BCUT2D eigenvalue weighted by Crippen LogP contribution is 2.45. The molecule has 2 saturated heterocycles. The second kappa shape index (κ2) is 8.35. The quantitative estimate of drug-likeness (QED) is 0.727. The molecule has 0 amide bonds. The lowest BCUT2D eigenvalue weighted by Crippen LogP contribution is -2.45. The summed E-state index contributed by atoms with van der Waals surface area (Å²) in [5.41, 5.74) is 1.70. The fraction of sp³-hybridized carbons (Fsp3) is 0.714. The number of likely N-dealkylation sites (tertiary alicyclic amines) is 2. The van der Waals surface area contributed by atoms with E-state index in [1.807, 2.05) is 13.2 Å². The first-order valence-corrected chi connectivity index (χ1v) is 10.0. The predicted octanol–water partition coefficient (Wildman–Crippen LogP) is 2.22. The van der Waals surface area contributed by atoms with Crippen LogP contribution in [-0.4, -0.2) is 76.7 Å². The van der Waals surface area contributed by atoms with Crippen LogP contribution in [0.4, 0.5) is 0 Å². The minimum absolute atomic E-state index is 0.339. The molecule has 0 bridgehead atoms. The van der Waals surface area contributed by atoms with Crippen molar-refractivity contribution >= 4 is 0 Å². The normalized spacial score (nSPS) is 24.7. The molecule has 1 aromatic carbocycles. The summed E-state index contributed by atoms with van der Waals surface area (Å²) in [6, 6.07) is 6.32. The van der Waals surface area contributed by atoms with Gasteiger partial charge in [-0.3, -0.25) is 4.90 Å². The Bertz CT molecular complexity index is 631. The minimum atomic E-state index is 0.339. The molecule has 150 valence electrons. The molecular formula is C21H32N2O4. The van der Waals surface area contributed by atoms with Crippen LogP contribution in [0.15, 0.2) is 18.2 Å². The van der Waals surface area contributed by atoms with Gasteiger partial charge >= 0.3 is 0 Å². The van der Waals surface area contributed by atoms with E-state index in [9.17, 15) is 0 Å². The monoisotopic (exact) mass is 376 g/mol. The van der Waals surface area contributed by atoms with E-state index in [-0.39, 0.29) is 0 Å². The van der Waals surface area contributed by atoms with Crippen LogP contribution in [0.25, 0.3) is 0 Å². The number of piperidine rings is 1. The minimum Gasteiger partial charge on any atom is -0.454 e. The Balaban J connectivity index is 1.35. The van der Waals surface area contributed by atoms with Gasteiger partial charge in [-0.05, 0) is 49.0 Å². The van der Waals surface area contributed by atoms with Crippen LogP contribution < -0.4 is 9.47 Å². The van der Waals surface area contributed by atoms with Crippen LogP contribution in [-0.2, 0) is 16.0 Å². The summed E-state index contributed by atoms with van der Waals surface area (Å²) in [4.78, 5) is 5.14. The van der Waals surface area contributed by atoms with Gasteiger partial charge in [-0.25, -0.2) is 0 Å². The zero-order valence-corrected chi connectivity index (χ0v) is 16.6. The van der Waals surface area contributed by atoms with Gasteiger partial charge in [-0.2, -0.15) is 0 Å². The van der Waals surface area contributed by atoms with Crippen molar-refractivity contribution in [1.82, 2.24) is 9.80 Å². The van der Waals surface area contributed by atoms with Gasteiger partial charge in [-0.15, -0.1) is 0 Å². The van der Waals surface area contributed by atoms with E-state index in [0.29, 0.717) is 18.1 Å². The van der Waals surface area contributed by atoms with Gasteiger partial charge in [0.2, 0.25) is 6.79 Å². The van der Waals surface area contributed by atoms with Crippen LogP contribution in [0, 0.1) is 11.3 Å². The standard InChI is InChI=1S/C21H32N2O4/c1-24-10-9-23-13-18(14-25-2)21(15-23)5-7-22(8-6-21)12-17-3-4-19-20(11-17)27-16-26-19/h3-4,11,18H,5-10,12-16H2,1-2H3. The average molecular weight is 376 g/mol. The third-order valence-electron chi connectivity index (χ3n) is 6.56. The second-order valence-electron chi connectivity index (χ2n) is 8.21. The summed E-state index contributed by atoms with van der Waals surface area (Å²) in [6.45, 7) is 8.64. The molecule has 0 N–H and O–H groups in total. The number of hydrogen-bond acceptors (Lipinski definition) is 6. The Kier molecular flexibility index (Phi) is 5.88. The summed E-state index contributed by atoms with van der Waals surface area (Å²) in [5.74, 6) is 2.37. The molecule has 3 aliphatic heterocycles. The number of nitrogens with zero attached hydrogens (tertiary/aromatic N) is 2. The molecule has 27 heavy (non-hydrogen) atoms. The molecule has 0 radical (unpaired) electrons. The highest BCUT2D eigenvalue weighted by Gasteiger charge is 2.47. The van der Waals surface area contributed by atoms with Crippen LogP contribution >= 0.6 is 0 Å². The van der Waals surface area contributed by atoms with Crippen molar-refractivity contribution in [1.29, 1.82) is 0 Å². The fourth-order valence-corrected chi connectivity index (χ4v) is 4.99. The molecule has 2 fully saturated rings. The number of methoxy groups -OCH3 is 2. The lowest BCUT2D eigenvalue weighted by atomic mass is 9.71. The number of hydrogen-bond donors (Lipinski definition) is 0. The molecule has 1 atom stereocenters. The van der Waals surface area contributed by atoms with Gasteiger partial charge in [0.25, 0.3) is 0 Å². The van der Waals surface area contributed by atoms with Crippen LogP contribution in [0.2, 0.25) is 0 Å². The maximum Gasteiger partial charge on any atom is 0.231 e. The van der Waals surface area contributed by atoms with Crippen molar-refractivity contribution in [2.45, 2.75) is 19.4 Å². The molecule has 4 rings (SSSR count). The SMILES string of the molecule is COCCN1CC(COC)C2(CCN(Cc3ccc4c(c3)OCO4)CC2)C1. The van der Waals surface area contributed by atoms with E-state index in [2.05, 4.69) is 21.9 Å². The average Bonchev–Trinajstić information content (AvgIpc) is 3.27. The molecule has 0 aliphatic carbocycles. The van der Waals surface area contributed by atoms with Gasteiger partial charge in [0.15, 0.2) is 11.5 Å². The van der Waals surface area contributed by atoms with E-state index in [1.165, 1.54) is 24.9 Å². The van der Waals surface area contributed by atoms with Gasteiger partial charge in [0.05, 0.1) is 13.2 Å². The van der Waals surface area contributed by atoms with E-state index >= 15 is 0 Å². The molecule has 3 heterocycles. The Hall–Kier alpha value is -1.34. The summed E-state index contributed by atoms with van der Waals surface area (Å²) in [6.07, 6.45) is 2.49. The first-order valence-electron chi connectivity index (χ1n) is 10.0. The van der Waals surface area contributed by atoms with E-state index < -0.39 is 0 Å². The molecular weight excluding hydrogens is 344 g/mol. The first-order chi connectivity index (χ1) is 13.2. The van der Waals surface area contributed by atoms with E-state index in [1.54, 1.807) is 7.11 Å². The molecule has 1 unspecified atom stereocenters. The third kappa shape index (κ3) is 4.09. The van der Waals surface area contributed by atoms with Crippen LogP contribution in [0.3, 0.4) is 0 Å². The third-order valence-corrected chi connectivity index (χ3v) is 6.56. The highest BCUT2D eigenvalue weighted by molar-refractivity contribution is 5.44. The molecule has 0 aromatic heterocycles. The Morgan fingerprint density at radius 2 is 1.89 bits per heavy atom. The zero-order valence-electron chi connectivity index (χ0n) is 16.6. The van der Waals surface area contributed by atoms with Crippen molar-refractivity contribution in [2.24, 2.45) is 11.3 Å². The van der Waals surface area contributed by atoms with Crippen LogP contribution in [0.5, 0.6) is 11.5 Å². The van der Waals surface area contributed by atoms with Crippen molar-refractivity contribution < 1.29 is 18.9 Å². The topological polar surface area (TPSA) is 43.4 Å². The van der Waals surface area contributed by atoms with Gasteiger partial charge in [0.1, 0.15) is 0 Å². The van der Waals surface area contributed by atoms with Gasteiger partial charge in [-0.1, -0.05) is 6.07 Å². The number of benzene rings is 1. The van der Waals surface area contributed by atoms with E-state index in [0.717, 1.165) is 57.4 Å². The summed E-state index contributed by atoms with van der Waals surface area (Å²) in [5, 5.41) is 0. The lowest BCUT2D eigenvalue weighted by molar-refractivity contribution is 0.0348.